The van der Waals surface area contributed by atoms with E-state index >= 15 is 0 Å². The Morgan fingerprint density at radius 3 is 2.80 bits per heavy atom. The predicted molar refractivity (Wildman–Crippen MR) is 73.6 cm³/mol. The Morgan fingerprint density at radius 1 is 1.50 bits per heavy atom. The van der Waals surface area contributed by atoms with Crippen molar-refractivity contribution in [1.82, 2.24) is 10.3 Å². The van der Waals surface area contributed by atoms with Crippen molar-refractivity contribution < 1.29 is 18.7 Å². The zero-order chi connectivity index (χ0) is 15.1. The number of aromatic nitrogens is 1. The van der Waals surface area contributed by atoms with Crippen LogP contribution in [0, 0.1) is 5.92 Å². The lowest BCUT2D eigenvalue weighted by molar-refractivity contribution is -0.119. The van der Waals surface area contributed by atoms with Crippen molar-refractivity contribution in [2.45, 2.75) is 20.8 Å². The van der Waals surface area contributed by atoms with Gasteiger partial charge in [-0.25, -0.2) is 4.79 Å². The first-order valence-electron chi connectivity index (χ1n) is 6.54. The summed E-state index contributed by atoms with van der Waals surface area (Å²) in [6.07, 6.45) is 1.22. The molecule has 0 saturated heterocycles. The molecule has 0 radical (unpaired) electrons. The minimum Gasteiger partial charge on any atom is -0.461 e. The molecule has 1 aromatic heterocycles. The van der Waals surface area contributed by atoms with E-state index in [1.54, 1.807) is 14.0 Å². The molecule has 1 rings (SSSR count). The van der Waals surface area contributed by atoms with Crippen molar-refractivity contribution >= 4 is 17.9 Å². The Balaban J connectivity index is 2.53. The first-order valence-corrected chi connectivity index (χ1v) is 6.54. The highest BCUT2D eigenvalue weighted by atomic mass is 16.5. The highest BCUT2D eigenvalue weighted by Crippen LogP contribution is 2.12. The van der Waals surface area contributed by atoms with Gasteiger partial charge in [-0.1, -0.05) is 13.8 Å². The molecule has 1 heterocycles. The van der Waals surface area contributed by atoms with Gasteiger partial charge in [0.05, 0.1) is 6.61 Å². The summed E-state index contributed by atoms with van der Waals surface area (Å²) in [6.45, 7) is 6.74. The van der Waals surface area contributed by atoms with Gasteiger partial charge < -0.3 is 19.4 Å². The second-order valence-electron chi connectivity index (χ2n) is 4.79. The van der Waals surface area contributed by atoms with E-state index in [0.29, 0.717) is 12.5 Å². The number of nitrogens with zero attached hydrogens (tertiary/aromatic N) is 2. The van der Waals surface area contributed by atoms with Crippen LogP contribution in [0.15, 0.2) is 10.7 Å². The molecule has 112 valence electrons. The van der Waals surface area contributed by atoms with Crippen LogP contribution in [-0.4, -0.2) is 43.6 Å². The second kappa shape index (κ2) is 7.52. The number of esters is 1. The van der Waals surface area contributed by atoms with Crippen LogP contribution >= 0.6 is 0 Å². The Kier molecular flexibility index (Phi) is 6.02. The smallest absolute Gasteiger partial charge is 0.360 e. The van der Waals surface area contributed by atoms with Crippen molar-refractivity contribution in [3.8, 4) is 0 Å². The molecule has 0 aliphatic carbocycles. The average molecular weight is 283 g/mol. The fourth-order valence-corrected chi connectivity index (χ4v) is 1.40. The molecule has 1 N–H and O–H groups in total. The van der Waals surface area contributed by atoms with Gasteiger partial charge in [0, 0.05) is 13.6 Å². The molecule has 0 aliphatic rings. The zero-order valence-corrected chi connectivity index (χ0v) is 12.3. The highest BCUT2D eigenvalue weighted by molar-refractivity contribution is 5.87. The van der Waals surface area contributed by atoms with Crippen LogP contribution in [0.25, 0.3) is 0 Å². The van der Waals surface area contributed by atoms with Crippen molar-refractivity contribution in [2.75, 3.05) is 31.6 Å². The van der Waals surface area contributed by atoms with Gasteiger partial charge in [0.1, 0.15) is 12.8 Å². The SMILES string of the molecule is CCOC(=O)c1coc(N(C)CC(=O)NCC(C)C)n1. The Bertz CT molecular complexity index is 456. The van der Waals surface area contributed by atoms with E-state index in [1.807, 2.05) is 13.8 Å². The predicted octanol–water partition coefficient (Wildman–Crippen LogP) is 1.06. The molecule has 0 unspecified atom stereocenters. The summed E-state index contributed by atoms with van der Waals surface area (Å²) in [5.74, 6) is -0.279. The number of nitrogens with one attached hydrogen (secondary N) is 1. The number of carbonyl (C=O) groups excluding carboxylic acids is 2. The van der Waals surface area contributed by atoms with Crippen molar-refractivity contribution in [2.24, 2.45) is 5.92 Å². The number of amides is 1. The molecule has 1 aromatic rings. The fraction of sp³-hybridized carbons (Fsp3) is 0.615. The number of anilines is 1. The number of rotatable bonds is 7. The highest BCUT2D eigenvalue weighted by Gasteiger charge is 2.17. The topological polar surface area (TPSA) is 84.7 Å². The third kappa shape index (κ3) is 4.91. The maximum Gasteiger partial charge on any atom is 0.360 e. The lowest BCUT2D eigenvalue weighted by Crippen LogP contribution is -2.37. The quantitative estimate of drug-likeness (QED) is 0.753. The van der Waals surface area contributed by atoms with E-state index in [0.717, 1.165) is 0 Å². The van der Waals surface area contributed by atoms with Gasteiger partial charge in [-0.15, -0.1) is 0 Å². The van der Waals surface area contributed by atoms with Gasteiger partial charge in [-0.05, 0) is 12.8 Å². The van der Waals surface area contributed by atoms with Crippen molar-refractivity contribution in [1.29, 1.82) is 0 Å². The van der Waals surface area contributed by atoms with Gasteiger partial charge in [0.2, 0.25) is 5.91 Å². The van der Waals surface area contributed by atoms with Gasteiger partial charge in [-0.3, -0.25) is 4.79 Å². The maximum atomic E-state index is 11.7. The van der Waals surface area contributed by atoms with Gasteiger partial charge in [0.15, 0.2) is 5.69 Å². The first-order chi connectivity index (χ1) is 9.43. The second-order valence-corrected chi connectivity index (χ2v) is 4.79. The van der Waals surface area contributed by atoms with E-state index in [9.17, 15) is 9.59 Å². The minimum atomic E-state index is -0.542. The molecule has 7 heteroatoms. The summed E-state index contributed by atoms with van der Waals surface area (Å²) in [6, 6.07) is 0.202. The lowest BCUT2D eigenvalue weighted by Gasteiger charge is -2.14. The summed E-state index contributed by atoms with van der Waals surface area (Å²) in [5.41, 5.74) is 0.0938. The molecule has 0 spiro atoms. The summed E-state index contributed by atoms with van der Waals surface area (Å²) in [7, 11) is 1.66. The molecule has 0 fully saturated rings. The van der Waals surface area contributed by atoms with E-state index in [4.69, 9.17) is 9.15 Å². The number of likely N-dealkylation sites (N-methyl/N-ethyl adjacent to an activating group) is 1. The third-order valence-corrected chi connectivity index (χ3v) is 2.39. The zero-order valence-electron chi connectivity index (χ0n) is 12.3. The number of hydrogen-bond acceptors (Lipinski definition) is 6. The van der Waals surface area contributed by atoms with Crippen LogP contribution in [0.1, 0.15) is 31.3 Å². The molecule has 1 amide bonds. The summed E-state index contributed by atoms with van der Waals surface area (Å²) in [4.78, 5) is 28.6. The normalized spacial score (nSPS) is 10.4. The minimum absolute atomic E-state index is 0.0938. The van der Waals surface area contributed by atoms with E-state index in [-0.39, 0.29) is 30.8 Å². The number of carbonyl (C=O) groups is 2. The van der Waals surface area contributed by atoms with Crippen LogP contribution in [0.3, 0.4) is 0 Å². The third-order valence-electron chi connectivity index (χ3n) is 2.39. The molecule has 0 aromatic carbocycles. The van der Waals surface area contributed by atoms with Crippen molar-refractivity contribution in [3.63, 3.8) is 0 Å². The number of ether oxygens (including phenoxy) is 1. The first kappa shape index (κ1) is 16.0. The van der Waals surface area contributed by atoms with Gasteiger partial charge in [-0.2, -0.15) is 4.98 Å². The van der Waals surface area contributed by atoms with Crippen LogP contribution in [0.4, 0.5) is 6.01 Å². The fourth-order valence-electron chi connectivity index (χ4n) is 1.40. The molecule has 0 aliphatic heterocycles. The standard InChI is InChI=1S/C13H21N3O4/c1-5-19-12(18)10-8-20-13(15-10)16(4)7-11(17)14-6-9(2)3/h8-9H,5-7H2,1-4H3,(H,14,17). The van der Waals surface area contributed by atoms with Gasteiger partial charge >= 0.3 is 5.97 Å². The molecular formula is C13H21N3O4. The van der Waals surface area contributed by atoms with Crippen LogP contribution < -0.4 is 10.2 Å². The summed E-state index contributed by atoms with van der Waals surface area (Å²) < 4.78 is 9.96. The number of oxazole rings is 1. The van der Waals surface area contributed by atoms with E-state index in [1.165, 1.54) is 11.2 Å². The Morgan fingerprint density at radius 2 is 2.20 bits per heavy atom. The summed E-state index contributed by atoms with van der Waals surface area (Å²) >= 11 is 0. The molecule has 7 nitrogen and oxygen atoms in total. The lowest BCUT2D eigenvalue weighted by atomic mass is 10.2. The largest absolute Gasteiger partial charge is 0.461 e. The van der Waals surface area contributed by atoms with E-state index < -0.39 is 5.97 Å². The molecule has 0 bridgehead atoms. The monoisotopic (exact) mass is 283 g/mol. The van der Waals surface area contributed by atoms with Crippen LogP contribution in [0.5, 0.6) is 0 Å². The Labute approximate surface area is 118 Å². The van der Waals surface area contributed by atoms with E-state index in [2.05, 4.69) is 10.3 Å². The van der Waals surface area contributed by atoms with Crippen LogP contribution in [-0.2, 0) is 9.53 Å². The molecular weight excluding hydrogens is 262 g/mol. The average Bonchev–Trinajstić information content (AvgIpc) is 2.86. The number of hydrogen-bond donors (Lipinski definition) is 1. The van der Waals surface area contributed by atoms with Crippen molar-refractivity contribution in [3.05, 3.63) is 12.0 Å². The van der Waals surface area contributed by atoms with Gasteiger partial charge in [0.25, 0.3) is 6.01 Å². The molecule has 0 saturated carbocycles. The molecule has 0 atom stereocenters. The van der Waals surface area contributed by atoms with Crippen LogP contribution in [0.2, 0.25) is 0 Å². The Hall–Kier alpha value is -2.05. The maximum absolute atomic E-state index is 11.7. The molecule has 20 heavy (non-hydrogen) atoms. The summed E-state index contributed by atoms with van der Waals surface area (Å²) in [5, 5.41) is 2.79.